The van der Waals surface area contributed by atoms with E-state index >= 15 is 0 Å². The molecule has 2 aromatic carbocycles. The molecule has 0 spiro atoms. The van der Waals surface area contributed by atoms with Crippen molar-refractivity contribution in [2.24, 2.45) is 0 Å². The lowest BCUT2D eigenvalue weighted by atomic mass is 10.0. The summed E-state index contributed by atoms with van der Waals surface area (Å²) in [6.45, 7) is 0. The Labute approximate surface area is 107 Å². The van der Waals surface area contributed by atoms with Crippen LogP contribution < -0.4 is 0 Å². The van der Waals surface area contributed by atoms with Crippen molar-refractivity contribution in [2.75, 3.05) is 0 Å². The van der Waals surface area contributed by atoms with Crippen LogP contribution in [0.2, 0.25) is 5.02 Å². The maximum absolute atomic E-state index is 12.7. The molecule has 0 radical (unpaired) electrons. The van der Waals surface area contributed by atoms with E-state index in [0.717, 1.165) is 22.8 Å². The van der Waals surface area contributed by atoms with Crippen LogP contribution in [0.3, 0.4) is 0 Å². The molecule has 3 rings (SSSR count). The Hall–Kier alpha value is -1.48. The molecule has 2 aromatic rings. The van der Waals surface area contributed by atoms with E-state index in [-0.39, 0.29) is 0 Å². The highest BCUT2D eigenvalue weighted by Crippen LogP contribution is 2.43. The predicted octanol–water partition coefficient (Wildman–Crippen LogP) is 4.93. The summed E-state index contributed by atoms with van der Waals surface area (Å²) in [6, 6.07) is 9.27. The van der Waals surface area contributed by atoms with Crippen molar-refractivity contribution < 1.29 is 13.2 Å². The van der Waals surface area contributed by atoms with Gasteiger partial charge < -0.3 is 0 Å². The summed E-state index contributed by atoms with van der Waals surface area (Å²) in [5.41, 5.74) is 2.59. The molecule has 0 aromatic heterocycles. The van der Waals surface area contributed by atoms with E-state index < -0.39 is 11.7 Å². The lowest BCUT2D eigenvalue weighted by molar-refractivity contribution is -0.137. The average Bonchev–Trinajstić information content (AvgIpc) is 2.66. The molecule has 92 valence electrons. The fourth-order valence-corrected chi connectivity index (χ4v) is 2.66. The van der Waals surface area contributed by atoms with Crippen LogP contribution in [-0.2, 0) is 12.6 Å². The molecule has 0 N–H and O–H groups in total. The van der Waals surface area contributed by atoms with Gasteiger partial charge in [-0.15, -0.1) is 0 Å². The van der Waals surface area contributed by atoms with Crippen LogP contribution in [0.1, 0.15) is 16.7 Å². The Morgan fingerprint density at radius 1 is 1.00 bits per heavy atom. The minimum atomic E-state index is -4.32. The standard InChI is InChI=1S/C14H8ClF3/c15-12-3-1-2-9-6-8-4-5-10(14(16,17)18)7-11(8)13(9)12/h1-5,7H,6H2. The van der Waals surface area contributed by atoms with Crippen molar-refractivity contribution in [1.82, 2.24) is 0 Å². The van der Waals surface area contributed by atoms with E-state index in [1.165, 1.54) is 12.1 Å². The van der Waals surface area contributed by atoms with Crippen LogP contribution in [0.4, 0.5) is 13.2 Å². The fraction of sp³-hybridized carbons (Fsp3) is 0.143. The smallest absolute Gasteiger partial charge is 0.166 e. The van der Waals surface area contributed by atoms with E-state index in [1.807, 2.05) is 12.1 Å². The van der Waals surface area contributed by atoms with Crippen LogP contribution in [-0.4, -0.2) is 0 Å². The second kappa shape index (κ2) is 3.75. The summed E-state index contributed by atoms with van der Waals surface area (Å²) in [4.78, 5) is 0. The van der Waals surface area contributed by atoms with E-state index in [0.29, 0.717) is 17.0 Å². The normalized spacial score (nSPS) is 13.3. The Bertz CT molecular complexity index is 629. The lowest BCUT2D eigenvalue weighted by Gasteiger charge is -2.09. The third kappa shape index (κ3) is 1.70. The first-order chi connectivity index (χ1) is 8.47. The van der Waals surface area contributed by atoms with Crippen LogP contribution in [0.5, 0.6) is 0 Å². The molecule has 0 heterocycles. The zero-order valence-corrected chi connectivity index (χ0v) is 9.94. The maximum atomic E-state index is 12.7. The molecule has 0 atom stereocenters. The third-order valence-corrected chi connectivity index (χ3v) is 3.50. The van der Waals surface area contributed by atoms with Gasteiger partial charge in [0.1, 0.15) is 0 Å². The number of rotatable bonds is 0. The Balaban J connectivity index is 2.23. The molecule has 18 heavy (non-hydrogen) atoms. The van der Waals surface area contributed by atoms with Crippen LogP contribution >= 0.6 is 11.6 Å². The van der Waals surface area contributed by atoms with Crippen molar-refractivity contribution in [3.8, 4) is 11.1 Å². The zero-order valence-electron chi connectivity index (χ0n) is 9.18. The van der Waals surface area contributed by atoms with E-state index in [9.17, 15) is 13.2 Å². The summed E-state index contributed by atoms with van der Waals surface area (Å²) in [7, 11) is 0. The number of benzene rings is 2. The Morgan fingerprint density at radius 3 is 2.50 bits per heavy atom. The SMILES string of the molecule is FC(F)(F)c1ccc2c(c1)-c1c(Cl)cccc1C2. The molecule has 1 aliphatic carbocycles. The first-order valence-electron chi connectivity index (χ1n) is 5.45. The van der Waals surface area contributed by atoms with Gasteiger partial charge in [0.05, 0.1) is 5.56 Å². The molecule has 0 fully saturated rings. The molecule has 0 bridgehead atoms. The molecule has 0 amide bonds. The van der Waals surface area contributed by atoms with Gasteiger partial charge >= 0.3 is 6.18 Å². The summed E-state index contributed by atoms with van der Waals surface area (Å²) in [5.74, 6) is 0. The monoisotopic (exact) mass is 268 g/mol. The predicted molar refractivity (Wildman–Crippen MR) is 64.7 cm³/mol. The quantitative estimate of drug-likeness (QED) is 0.542. The van der Waals surface area contributed by atoms with Gasteiger partial charge in [-0.05, 0) is 41.3 Å². The van der Waals surface area contributed by atoms with Gasteiger partial charge in [0.25, 0.3) is 0 Å². The topological polar surface area (TPSA) is 0 Å². The molecule has 0 unspecified atom stereocenters. The molecular weight excluding hydrogens is 261 g/mol. The molecule has 0 saturated carbocycles. The van der Waals surface area contributed by atoms with Gasteiger partial charge in [-0.3, -0.25) is 0 Å². The van der Waals surface area contributed by atoms with E-state index in [1.54, 1.807) is 6.07 Å². The van der Waals surface area contributed by atoms with Crippen molar-refractivity contribution >= 4 is 11.6 Å². The van der Waals surface area contributed by atoms with Gasteiger partial charge in [0, 0.05) is 10.6 Å². The molecule has 0 nitrogen and oxygen atoms in total. The molecule has 1 aliphatic rings. The van der Waals surface area contributed by atoms with Crippen LogP contribution in [0.15, 0.2) is 36.4 Å². The largest absolute Gasteiger partial charge is 0.416 e. The van der Waals surface area contributed by atoms with Gasteiger partial charge in [-0.2, -0.15) is 13.2 Å². The first-order valence-corrected chi connectivity index (χ1v) is 5.82. The third-order valence-electron chi connectivity index (χ3n) is 3.19. The number of hydrogen-bond acceptors (Lipinski definition) is 0. The number of alkyl halides is 3. The number of halogens is 4. The minimum Gasteiger partial charge on any atom is -0.166 e. The minimum absolute atomic E-state index is 0.505. The lowest BCUT2D eigenvalue weighted by Crippen LogP contribution is -2.04. The van der Waals surface area contributed by atoms with Crippen molar-refractivity contribution in [3.05, 3.63) is 58.1 Å². The zero-order chi connectivity index (χ0) is 12.9. The van der Waals surface area contributed by atoms with Crippen molar-refractivity contribution in [2.45, 2.75) is 12.6 Å². The fourth-order valence-electron chi connectivity index (χ4n) is 2.36. The highest BCUT2D eigenvalue weighted by atomic mass is 35.5. The van der Waals surface area contributed by atoms with Gasteiger partial charge in [0.15, 0.2) is 0 Å². The second-order valence-corrected chi connectivity index (χ2v) is 4.73. The number of fused-ring (bicyclic) bond motifs is 3. The summed E-state index contributed by atoms with van der Waals surface area (Å²) >= 11 is 6.08. The molecule has 0 aliphatic heterocycles. The molecule has 0 saturated heterocycles. The van der Waals surface area contributed by atoms with E-state index in [2.05, 4.69) is 0 Å². The average molecular weight is 269 g/mol. The second-order valence-electron chi connectivity index (χ2n) is 4.32. The summed E-state index contributed by atoms with van der Waals surface area (Å²) in [5, 5.41) is 0.505. The highest BCUT2D eigenvalue weighted by Gasteiger charge is 2.32. The highest BCUT2D eigenvalue weighted by molar-refractivity contribution is 6.33. The van der Waals surface area contributed by atoms with Gasteiger partial charge in [-0.25, -0.2) is 0 Å². The van der Waals surface area contributed by atoms with Gasteiger partial charge in [0.2, 0.25) is 0 Å². The van der Waals surface area contributed by atoms with Crippen molar-refractivity contribution in [3.63, 3.8) is 0 Å². The van der Waals surface area contributed by atoms with E-state index in [4.69, 9.17) is 11.6 Å². The van der Waals surface area contributed by atoms with Gasteiger partial charge in [-0.1, -0.05) is 29.8 Å². The summed E-state index contributed by atoms with van der Waals surface area (Å²) < 4.78 is 38.1. The van der Waals surface area contributed by atoms with Crippen LogP contribution in [0, 0.1) is 0 Å². The molecule has 4 heteroatoms. The number of hydrogen-bond donors (Lipinski definition) is 0. The van der Waals surface area contributed by atoms with Crippen LogP contribution in [0.25, 0.3) is 11.1 Å². The molecular formula is C14H8ClF3. The Morgan fingerprint density at radius 2 is 1.78 bits per heavy atom. The Kier molecular flexibility index (Phi) is 2.42. The van der Waals surface area contributed by atoms with Crippen molar-refractivity contribution in [1.29, 1.82) is 0 Å². The maximum Gasteiger partial charge on any atom is 0.416 e. The first kappa shape index (κ1) is 11.6. The summed E-state index contributed by atoms with van der Waals surface area (Å²) in [6.07, 6.45) is -3.68.